The molecule has 1 radical (unpaired) electrons. The largest absolute Gasteiger partial charge is 1.00 e. The Morgan fingerprint density at radius 1 is 1.64 bits per heavy atom. The summed E-state index contributed by atoms with van der Waals surface area (Å²) < 4.78 is 0. The van der Waals surface area contributed by atoms with Gasteiger partial charge in [0.05, 0.1) is 5.97 Å². The molecule has 0 saturated carbocycles. The molecule has 0 fully saturated rings. The van der Waals surface area contributed by atoms with E-state index in [1.807, 2.05) is 0 Å². The van der Waals surface area contributed by atoms with E-state index >= 15 is 0 Å². The van der Waals surface area contributed by atoms with Gasteiger partial charge in [0.1, 0.15) is 10.7 Å². The third-order valence-corrected chi connectivity index (χ3v) is 2.07. The number of nitrogens with zero attached hydrogens (tertiary/aromatic N) is 2. The number of aliphatic carboxylic acids is 1. The van der Waals surface area contributed by atoms with Crippen molar-refractivity contribution in [3.63, 3.8) is 0 Å². The third kappa shape index (κ3) is 5.26. The molecule has 0 atom stereocenters. The summed E-state index contributed by atoms with van der Waals surface area (Å²) in [5.41, 5.74) is 0.00509. The standard InChI is InChI=1S/C6H6N2O3S.2K/c1-3-2-12-5(7-3)4(8-11)6(9)10;;/h2,11H,1H3,(H,9,10);;/q;;+1/p-2/b8-4-;;. The number of hydrogen-bond acceptors (Lipinski definition) is 6. The minimum Gasteiger partial charge on any atom is -0.791 e. The topological polar surface area (TPSA) is 88.4 Å². The number of carboxylic acid groups (broad SMARTS) is 1. The van der Waals surface area contributed by atoms with Crippen LogP contribution in [-0.4, -0.2) is 68.0 Å². The van der Waals surface area contributed by atoms with Crippen molar-refractivity contribution in [1.29, 1.82) is 0 Å². The molecule has 0 aliphatic rings. The summed E-state index contributed by atoms with van der Waals surface area (Å²) in [6, 6.07) is 0. The summed E-state index contributed by atoms with van der Waals surface area (Å²) in [6.07, 6.45) is 0. The van der Waals surface area contributed by atoms with E-state index in [1.54, 1.807) is 12.3 Å². The molecule has 1 heterocycles. The van der Waals surface area contributed by atoms with Gasteiger partial charge < -0.3 is 20.3 Å². The first-order chi connectivity index (χ1) is 5.65. The van der Waals surface area contributed by atoms with E-state index in [4.69, 9.17) is 0 Å². The number of thiazole rings is 1. The second kappa shape index (κ2) is 8.93. The van der Waals surface area contributed by atoms with Gasteiger partial charge in [-0.05, 0) is 6.92 Å². The number of carboxylic acids is 1. The zero-order valence-corrected chi connectivity index (χ0v) is 15.2. The maximum absolute atomic E-state index is 10.3. The minimum atomic E-state index is -1.60. The van der Waals surface area contributed by atoms with Crippen molar-refractivity contribution in [3.05, 3.63) is 21.3 Å². The van der Waals surface area contributed by atoms with Gasteiger partial charge in [-0.2, -0.15) is 0 Å². The molecule has 0 amide bonds. The monoisotopic (exact) mass is 262 g/mol. The average Bonchev–Trinajstić information content (AvgIpc) is 2.37. The van der Waals surface area contributed by atoms with Crippen molar-refractivity contribution in [2.75, 3.05) is 0 Å². The van der Waals surface area contributed by atoms with Crippen LogP contribution in [0.3, 0.4) is 0 Å². The second-order valence-corrected chi connectivity index (χ2v) is 2.88. The van der Waals surface area contributed by atoms with Crippen LogP contribution >= 0.6 is 11.3 Å². The summed E-state index contributed by atoms with van der Waals surface area (Å²) >= 11 is 1.05. The quantitative estimate of drug-likeness (QED) is 0.310. The van der Waals surface area contributed by atoms with Crippen LogP contribution in [0.4, 0.5) is 0 Å². The van der Waals surface area contributed by atoms with Crippen LogP contribution < -0.4 is 56.5 Å². The molecular weight excluding hydrogens is 258 g/mol. The second-order valence-electron chi connectivity index (χ2n) is 2.02. The Hall–Kier alpha value is 1.84. The van der Waals surface area contributed by atoms with E-state index in [-0.39, 0.29) is 108 Å². The molecular formula is C6H4K2N2O3S-. The van der Waals surface area contributed by atoms with Gasteiger partial charge in [0.15, 0.2) is 0 Å². The van der Waals surface area contributed by atoms with Gasteiger partial charge in [0, 0.05) is 62.5 Å². The number of carbonyl (C=O) groups excluding carboxylic acids is 1. The fraction of sp³-hybridized carbons (Fsp3) is 0.167. The van der Waals surface area contributed by atoms with E-state index in [0.717, 1.165) is 11.3 Å². The summed E-state index contributed by atoms with van der Waals surface area (Å²) in [4.78, 5) is 14.0. The molecule has 1 rings (SSSR count). The van der Waals surface area contributed by atoms with Gasteiger partial charge in [0.2, 0.25) is 0 Å². The molecule has 8 heteroatoms. The van der Waals surface area contributed by atoms with E-state index in [1.165, 1.54) is 0 Å². The van der Waals surface area contributed by atoms with E-state index in [2.05, 4.69) is 10.1 Å². The Kier molecular flexibility index (Phi) is 11.6. The molecule has 0 N–H and O–H groups in total. The Balaban J connectivity index is 0. The smallest absolute Gasteiger partial charge is 0.791 e. The van der Waals surface area contributed by atoms with E-state index in [0.29, 0.717) is 5.69 Å². The fourth-order valence-corrected chi connectivity index (χ4v) is 1.39. The zero-order valence-electron chi connectivity index (χ0n) is 8.10. The first-order valence-corrected chi connectivity index (χ1v) is 3.87. The minimum absolute atomic E-state index is 0. The number of rotatable bonds is 2. The van der Waals surface area contributed by atoms with Crippen LogP contribution in [0.1, 0.15) is 10.7 Å². The molecule has 0 aliphatic heterocycles. The molecule has 0 aliphatic carbocycles. The number of aromatic nitrogens is 1. The van der Waals surface area contributed by atoms with Crippen molar-refractivity contribution >= 4 is 74.4 Å². The number of aryl methyl sites for hydroxylation is 1. The first kappa shape index (κ1) is 18.2. The predicted octanol–water partition coefficient (Wildman–Crippen LogP) is -3.89. The molecule has 0 aromatic carbocycles. The number of carbonyl (C=O) groups is 1. The summed E-state index contributed by atoms with van der Waals surface area (Å²) in [5.74, 6) is -1.60. The Morgan fingerprint density at radius 3 is 2.50 bits per heavy atom. The van der Waals surface area contributed by atoms with Crippen molar-refractivity contribution in [2.24, 2.45) is 5.16 Å². The Bertz CT molecular complexity index is 340. The maximum atomic E-state index is 10.3. The average molecular weight is 262 g/mol. The fourth-order valence-electron chi connectivity index (χ4n) is 0.626. The molecule has 65 valence electrons. The van der Waals surface area contributed by atoms with Crippen molar-refractivity contribution < 1.29 is 61.3 Å². The van der Waals surface area contributed by atoms with Gasteiger partial charge in [-0.15, -0.1) is 11.3 Å². The normalized spacial score (nSPS) is 9.93. The molecule has 0 saturated heterocycles. The number of hydrogen-bond donors (Lipinski definition) is 0. The van der Waals surface area contributed by atoms with Crippen LogP contribution in [0.25, 0.3) is 0 Å². The summed E-state index contributed by atoms with van der Waals surface area (Å²) in [5, 5.41) is 24.3. The van der Waals surface area contributed by atoms with Gasteiger partial charge >= 0.3 is 51.4 Å². The Morgan fingerprint density at radius 2 is 2.21 bits per heavy atom. The molecule has 0 spiro atoms. The molecule has 5 nitrogen and oxygen atoms in total. The van der Waals surface area contributed by atoms with E-state index < -0.39 is 11.7 Å². The van der Waals surface area contributed by atoms with Crippen molar-refractivity contribution in [1.82, 2.24) is 4.98 Å². The van der Waals surface area contributed by atoms with Gasteiger partial charge in [-0.25, -0.2) is 4.98 Å². The summed E-state index contributed by atoms with van der Waals surface area (Å²) in [6.45, 7) is 1.69. The van der Waals surface area contributed by atoms with Crippen LogP contribution in [0.2, 0.25) is 0 Å². The molecule has 1 aromatic rings. The first-order valence-electron chi connectivity index (χ1n) is 2.99. The van der Waals surface area contributed by atoms with Crippen LogP contribution in [0.15, 0.2) is 10.5 Å². The van der Waals surface area contributed by atoms with E-state index in [9.17, 15) is 15.1 Å². The SMILES string of the molecule is Cc1csc(/C(=N/[O-])C(=O)[O-])n1.[K+].[K]. The predicted molar refractivity (Wildman–Crippen MR) is 47.5 cm³/mol. The summed E-state index contributed by atoms with van der Waals surface area (Å²) in [7, 11) is 0. The Labute approximate surface area is 170 Å². The molecule has 14 heavy (non-hydrogen) atoms. The molecule has 0 bridgehead atoms. The van der Waals surface area contributed by atoms with Gasteiger partial charge in [-0.3, -0.25) is 0 Å². The van der Waals surface area contributed by atoms with Crippen molar-refractivity contribution in [3.8, 4) is 0 Å². The molecule has 0 unspecified atom stereocenters. The van der Waals surface area contributed by atoms with Gasteiger partial charge in [0.25, 0.3) is 0 Å². The van der Waals surface area contributed by atoms with Crippen molar-refractivity contribution in [2.45, 2.75) is 6.92 Å². The van der Waals surface area contributed by atoms with Gasteiger partial charge in [-0.1, -0.05) is 0 Å². The van der Waals surface area contributed by atoms with Crippen LogP contribution in [0.5, 0.6) is 0 Å². The molecule has 1 aromatic heterocycles. The zero-order chi connectivity index (χ0) is 9.14. The third-order valence-electron chi connectivity index (χ3n) is 1.11. The van der Waals surface area contributed by atoms with Crippen LogP contribution in [-0.2, 0) is 4.79 Å². The van der Waals surface area contributed by atoms with Crippen LogP contribution in [0, 0.1) is 12.1 Å². The maximum Gasteiger partial charge on any atom is 1.00 e.